The smallest absolute Gasteiger partial charge is 0.252 e. The van der Waals surface area contributed by atoms with Gasteiger partial charge in [-0.05, 0) is 56.4 Å². The molecule has 0 bridgehead atoms. The van der Waals surface area contributed by atoms with Crippen molar-refractivity contribution in [1.82, 2.24) is 9.62 Å². The Kier molecular flexibility index (Phi) is 6.30. The number of nitrogens with zero attached hydrogens (tertiary/aromatic N) is 1. The van der Waals surface area contributed by atoms with Crippen molar-refractivity contribution in [3.63, 3.8) is 0 Å². The molecule has 25 heavy (non-hydrogen) atoms. The van der Waals surface area contributed by atoms with E-state index in [2.05, 4.69) is 11.4 Å². The summed E-state index contributed by atoms with van der Waals surface area (Å²) in [7, 11) is -3.46. The second kappa shape index (κ2) is 8.47. The summed E-state index contributed by atoms with van der Waals surface area (Å²) in [6.07, 6.45) is 9.51. The first kappa shape index (κ1) is 18.6. The van der Waals surface area contributed by atoms with Crippen LogP contribution >= 0.6 is 11.3 Å². The molecule has 1 N–H and O–H groups in total. The first-order chi connectivity index (χ1) is 12.1. The van der Waals surface area contributed by atoms with Gasteiger partial charge in [-0.25, -0.2) is 8.42 Å². The second-order valence-corrected chi connectivity index (χ2v) is 9.90. The number of piperidine rings is 1. The van der Waals surface area contributed by atoms with Crippen molar-refractivity contribution in [2.45, 2.75) is 49.2 Å². The van der Waals surface area contributed by atoms with E-state index in [1.165, 1.54) is 34.1 Å². The standard InChI is InChI=1S/C18H26N2O3S2/c21-18(19-11-10-15-6-2-1-3-7-15)16-8-4-12-20(14-16)25(22,23)17-9-5-13-24-17/h5-6,9,13,16H,1-4,7-8,10-12,14H2,(H,19,21)/t16-/m1/s1. The van der Waals surface area contributed by atoms with Gasteiger partial charge in [-0.15, -0.1) is 11.3 Å². The van der Waals surface area contributed by atoms with Crippen LogP contribution in [0.25, 0.3) is 0 Å². The number of sulfonamides is 1. The minimum atomic E-state index is -3.46. The number of amides is 1. The molecule has 0 saturated carbocycles. The molecule has 0 spiro atoms. The highest BCUT2D eigenvalue weighted by Crippen LogP contribution is 2.26. The Hall–Kier alpha value is -1.18. The molecule has 1 atom stereocenters. The average Bonchev–Trinajstić information content (AvgIpc) is 3.18. The van der Waals surface area contributed by atoms with E-state index in [9.17, 15) is 13.2 Å². The monoisotopic (exact) mass is 382 g/mol. The van der Waals surface area contributed by atoms with Crippen LogP contribution in [-0.2, 0) is 14.8 Å². The molecule has 1 amide bonds. The van der Waals surface area contributed by atoms with Gasteiger partial charge >= 0.3 is 0 Å². The zero-order chi connectivity index (χ0) is 17.7. The van der Waals surface area contributed by atoms with Gasteiger partial charge in [0.05, 0.1) is 5.92 Å². The van der Waals surface area contributed by atoms with Crippen LogP contribution < -0.4 is 5.32 Å². The Bertz CT molecular complexity index is 711. The predicted molar refractivity (Wildman–Crippen MR) is 100.0 cm³/mol. The van der Waals surface area contributed by atoms with Gasteiger partial charge in [0.25, 0.3) is 10.0 Å². The van der Waals surface area contributed by atoms with Crippen LogP contribution in [0.1, 0.15) is 44.9 Å². The second-order valence-electron chi connectivity index (χ2n) is 6.78. The Morgan fingerprint density at radius 2 is 2.20 bits per heavy atom. The normalized spacial score (nSPS) is 22.4. The molecule has 138 valence electrons. The lowest BCUT2D eigenvalue weighted by Crippen LogP contribution is -2.45. The Balaban J connectivity index is 1.52. The topological polar surface area (TPSA) is 66.5 Å². The van der Waals surface area contributed by atoms with Gasteiger partial charge in [0.15, 0.2) is 0 Å². The summed E-state index contributed by atoms with van der Waals surface area (Å²) in [5.41, 5.74) is 1.44. The number of hydrogen-bond acceptors (Lipinski definition) is 4. The van der Waals surface area contributed by atoms with Crippen LogP contribution in [0.15, 0.2) is 33.4 Å². The summed E-state index contributed by atoms with van der Waals surface area (Å²) in [6.45, 7) is 1.44. The largest absolute Gasteiger partial charge is 0.356 e. The Morgan fingerprint density at radius 3 is 2.92 bits per heavy atom. The van der Waals surface area contributed by atoms with Gasteiger partial charge in [-0.1, -0.05) is 17.7 Å². The maximum atomic E-state index is 12.6. The van der Waals surface area contributed by atoms with Gasteiger partial charge in [0, 0.05) is 19.6 Å². The highest BCUT2D eigenvalue weighted by Gasteiger charge is 2.33. The highest BCUT2D eigenvalue weighted by atomic mass is 32.2. The zero-order valence-corrected chi connectivity index (χ0v) is 16.1. The fourth-order valence-electron chi connectivity index (χ4n) is 3.53. The third-order valence-corrected chi connectivity index (χ3v) is 8.21. The summed E-state index contributed by atoms with van der Waals surface area (Å²) in [6, 6.07) is 3.37. The molecule has 2 aliphatic rings. The fraction of sp³-hybridized carbons (Fsp3) is 0.611. The minimum absolute atomic E-state index is 0.0116. The van der Waals surface area contributed by atoms with Crippen molar-refractivity contribution in [3.8, 4) is 0 Å². The number of thiophene rings is 1. The maximum absolute atomic E-state index is 12.6. The number of rotatable bonds is 6. The molecule has 1 fully saturated rings. The van der Waals surface area contributed by atoms with Crippen LogP contribution in [0.2, 0.25) is 0 Å². The molecular weight excluding hydrogens is 356 g/mol. The summed E-state index contributed by atoms with van der Waals surface area (Å²) >= 11 is 1.23. The van der Waals surface area contributed by atoms with E-state index in [1.54, 1.807) is 17.5 Å². The van der Waals surface area contributed by atoms with Crippen LogP contribution in [0.5, 0.6) is 0 Å². The number of carbonyl (C=O) groups excluding carboxylic acids is 1. The molecule has 1 aliphatic carbocycles. The van der Waals surface area contributed by atoms with Crippen LogP contribution in [0, 0.1) is 5.92 Å². The average molecular weight is 383 g/mol. The van der Waals surface area contributed by atoms with E-state index in [0.717, 1.165) is 32.1 Å². The molecular formula is C18H26N2O3S2. The Labute approximate surface area is 154 Å². The predicted octanol–water partition coefficient (Wildman–Crippen LogP) is 3.16. The number of hydrogen-bond donors (Lipinski definition) is 1. The summed E-state index contributed by atoms with van der Waals surface area (Å²) in [5, 5.41) is 4.77. The lowest BCUT2D eigenvalue weighted by molar-refractivity contribution is -0.126. The van der Waals surface area contributed by atoms with Crippen molar-refractivity contribution < 1.29 is 13.2 Å². The van der Waals surface area contributed by atoms with Crippen LogP contribution in [0.3, 0.4) is 0 Å². The van der Waals surface area contributed by atoms with E-state index in [1.807, 2.05) is 0 Å². The molecule has 5 nitrogen and oxygen atoms in total. The molecule has 1 saturated heterocycles. The molecule has 0 aromatic carbocycles. The van der Waals surface area contributed by atoms with E-state index in [4.69, 9.17) is 0 Å². The summed E-state index contributed by atoms with van der Waals surface area (Å²) in [4.78, 5) is 12.4. The van der Waals surface area contributed by atoms with Crippen molar-refractivity contribution in [2.24, 2.45) is 5.92 Å². The molecule has 7 heteroatoms. The van der Waals surface area contributed by atoms with E-state index < -0.39 is 10.0 Å². The van der Waals surface area contributed by atoms with Gasteiger partial charge in [0.1, 0.15) is 4.21 Å². The summed E-state index contributed by atoms with van der Waals surface area (Å²) < 4.78 is 27.1. The van der Waals surface area contributed by atoms with E-state index in [0.29, 0.717) is 17.3 Å². The molecule has 1 aromatic rings. The quantitative estimate of drug-likeness (QED) is 0.769. The first-order valence-corrected chi connectivity index (χ1v) is 11.4. The van der Waals surface area contributed by atoms with Crippen molar-refractivity contribution >= 4 is 27.3 Å². The van der Waals surface area contributed by atoms with Crippen LogP contribution in [-0.4, -0.2) is 38.3 Å². The van der Waals surface area contributed by atoms with E-state index in [-0.39, 0.29) is 18.4 Å². The number of allylic oxidation sites excluding steroid dienone is 1. The third kappa shape index (κ3) is 4.71. The SMILES string of the molecule is O=C(NCCC1=CCCCC1)[C@@H]1CCCN(S(=O)(=O)c2cccs2)C1. The lowest BCUT2D eigenvalue weighted by atomic mass is 9.96. The van der Waals surface area contributed by atoms with Crippen molar-refractivity contribution in [1.29, 1.82) is 0 Å². The molecule has 3 rings (SSSR count). The number of nitrogens with one attached hydrogen (secondary N) is 1. The number of carbonyl (C=O) groups is 1. The van der Waals surface area contributed by atoms with Crippen molar-refractivity contribution in [3.05, 3.63) is 29.2 Å². The minimum Gasteiger partial charge on any atom is -0.356 e. The third-order valence-electron chi connectivity index (χ3n) is 4.97. The van der Waals surface area contributed by atoms with Gasteiger partial charge in [-0.3, -0.25) is 4.79 Å². The Morgan fingerprint density at radius 1 is 1.32 bits per heavy atom. The lowest BCUT2D eigenvalue weighted by Gasteiger charge is -2.30. The van der Waals surface area contributed by atoms with Gasteiger partial charge in [-0.2, -0.15) is 4.31 Å². The molecule has 0 unspecified atom stereocenters. The van der Waals surface area contributed by atoms with Crippen LogP contribution in [0.4, 0.5) is 0 Å². The molecule has 0 radical (unpaired) electrons. The van der Waals surface area contributed by atoms with E-state index >= 15 is 0 Å². The maximum Gasteiger partial charge on any atom is 0.252 e. The zero-order valence-electron chi connectivity index (χ0n) is 14.4. The highest BCUT2D eigenvalue weighted by molar-refractivity contribution is 7.91. The molecule has 2 heterocycles. The van der Waals surface area contributed by atoms with Crippen molar-refractivity contribution in [2.75, 3.05) is 19.6 Å². The first-order valence-electron chi connectivity index (χ1n) is 9.06. The summed E-state index contributed by atoms with van der Waals surface area (Å²) in [5.74, 6) is -0.258. The molecule has 1 aromatic heterocycles. The van der Waals surface area contributed by atoms with Gasteiger partial charge in [0.2, 0.25) is 5.91 Å². The molecule has 1 aliphatic heterocycles. The van der Waals surface area contributed by atoms with Gasteiger partial charge < -0.3 is 5.32 Å². The fourth-order valence-corrected chi connectivity index (χ4v) is 6.20.